The Bertz CT molecular complexity index is 818. The standard InChI is InChI=1S/C15H12BrN3OS/c16-13-6-12-14(21-13)15(18-8-17-12)19-11-2-1-9-3-4-20-7-10(9)5-11/h1-2,5-6,8H,3-4,7H2,(H,17,18,19). The van der Waals surface area contributed by atoms with Crippen molar-refractivity contribution >= 4 is 49.0 Å². The van der Waals surface area contributed by atoms with Gasteiger partial charge in [-0.25, -0.2) is 9.97 Å². The highest BCUT2D eigenvalue weighted by atomic mass is 79.9. The Balaban J connectivity index is 1.71. The van der Waals surface area contributed by atoms with Crippen molar-refractivity contribution in [2.75, 3.05) is 11.9 Å². The van der Waals surface area contributed by atoms with Crippen LogP contribution < -0.4 is 5.32 Å². The molecule has 4 rings (SSSR count). The number of anilines is 2. The van der Waals surface area contributed by atoms with Crippen molar-refractivity contribution in [2.45, 2.75) is 13.0 Å². The lowest BCUT2D eigenvalue weighted by Crippen LogP contribution is -2.09. The summed E-state index contributed by atoms with van der Waals surface area (Å²) in [6, 6.07) is 8.42. The van der Waals surface area contributed by atoms with E-state index < -0.39 is 0 Å². The van der Waals surface area contributed by atoms with E-state index in [9.17, 15) is 0 Å². The van der Waals surface area contributed by atoms with Crippen LogP contribution in [0.4, 0.5) is 11.5 Å². The average molecular weight is 362 g/mol. The first kappa shape index (κ1) is 13.2. The molecule has 2 aromatic heterocycles. The molecule has 21 heavy (non-hydrogen) atoms. The zero-order valence-electron chi connectivity index (χ0n) is 11.1. The number of aromatic nitrogens is 2. The highest BCUT2D eigenvalue weighted by molar-refractivity contribution is 9.11. The first-order valence-electron chi connectivity index (χ1n) is 6.66. The Morgan fingerprint density at radius 2 is 2.14 bits per heavy atom. The van der Waals surface area contributed by atoms with E-state index >= 15 is 0 Å². The van der Waals surface area contributed by atoms with Gasteiger partial charge in [-0.15, -0.1) is 11.3 Å². The van der Waals surface area contributed by atoms with Crippen LogP contribution >= 0.6 is 27.3 Å². The van der Waals surface area contributed by atoms with Crippen molar-refractivity contribution in [2.24, 2.45) is 0 Å². The van der Waals surface area contributed by atoms with Gasteiger partial charge >= 0.3 is 0 Å². The van der Waals surface area contributed by atoms with E-state index in [1.807, 2.05) is 6.07 Å². The second-order valence-corrected chi connectivity index (χ2v) is 7.33. The largest absolute Gasteiger partial charge is 0.376 e. The Hall–Kier alpha value is -1.50. The Labute approximate surface area is 134 Å². The molecule has 1 N–H and O–H groups in total. The molecule has 0 fully saturated rings. The van der Waals surface area contributed by atoms with Gasteiger partial charge in [0.05, 0.1) is 27.2 Å². The van der Waals surface area contributed by atoms with Crippen molar-refractivity contribution in [3.05, 3.63) is 45.5 Å². The molecule has 0 amide bonds. The Kier molecular flexibility index (Phi) is 3.37. The van der Waals surface area contributed by atoms with Gasteiger partial charge in [0.1, 0.15) is 6.33 Å². The summed E-state index contributed by atoms with van der Waals surface area (Å²) in [5.41, 5.74) is 4.61. The molecule has 4 nitrogen and oxygen atoms in total. The number of nitrogens with one attached hydrogen (secondary N) is 1. The molecule has 0 aliphatic carbocycles. The van der Waals surface area contributed by atoms with Crippen molar-refractivity contribution in [1.29, 1.82) is 0 Å². The predicted octanol–water partition coefficient (Wildman–Crippen LogP) is 4.27. The molecule has 106 valence electrons. The summed E-state index contributed by atoms with van der Waals surface area (Å²) < 4.78 is 7.63. The van der Waals surface area contributed by atoms with Crippen LogP contribution in [-0.2, 0) is 17.8 Å². The molecule has 0 spiro atoms. The van der Waals surface area contributed by atoms with Gasteiger partial charge in [-0.05, 0) is 51.7 Å². The van der Waals surface area contributed by atoms with Gasteiger partial charge in [0, 0.05) is 5.69 Å². The third kappa shape index (κ3) is 2.54. The third-order valence-electron chi connectivity index (χ3n) is 3.52. The van der Waals surface area contributed by atoms with Crippen LogP contribution in [0.2, 0.25) is 0 Å². The van der Waals surface area contributed by atoms with E-state index in [0.717, 1.165) is 38.5 Å². The number of thiophene rings is 1. The average Bonchev–Trinajstić information content (AvgIpc) is 2.89. The molecule has 3 heterocycles. The van der Waals surface area contributed by atoms with E-state index in [4.69, 9.17) is 4.74 Å². The number of halogens is 1. The van der Waals surface area contributed by atoms with Gasteiger partial charge in [-0.3, -0.25) is 0 Å². The van der Waals surface area contributed by atoms with Gasteiger partial charge in [0.25, 0.3) is 0 Å². The minimum absolute atomic E-state index is 0.689. The zero-order valence-corrected chi connectivity index (χ0v) is 13.5. The van der Waals surface area contributed by atoms with Crippen LogP contribution in [0.25, 0.3) is 10.2 Å². The zero-order chi connectivity index (χ0) is 14.2. The SMILES string of the molecule is Brc1cc2ncnc(Nc3ccc4c(c3)COCC4)c2s1. The maximum atomic E-state index is 5.52. The first-order chi connectivity index (χ1) is 10.3. The summed E-state index contributed by atoms with van der Waals surface area (Å²) in [6.45, 7) is 1.50. The molecule has 0 saturated carbocycles. The maximum absolute atomic E-state index is 5.52. The molecule has 1 aliphatic rings. The topological polar surface area (TPSA) is 47.0 Å². The van der Waals surface area contributed by atoms with Crippen LogP contribution in [-0.4, -0.2) is 16.6 Å². The maximum Gasteiger partial charge on any atom is 0.151 e. The van der Waals surface area contributed by atoms with E-state index in [2.05, 4.69) is 49.4 Å². The van der Waals surface area contributed by atoms with E-state index in [1.165, 1.54) is 11.1 Å². The number of nitrogens with zero attached hydrogens (tertiary/aromatic N) is 2. The summed E-state index contributed by atoms with van der Waals surface area (Å²) in [5, 5.41) is 3.39. The fourth-order valence-corrected chi connectivity index (χ4v) is 3.98. The monoisotopic (exact) mass is 361 g/mol. The number of fused-ring (bicyclic) bond motifs is 2. The van der Waals surface area contributed by atoms with Gasteiger partial charge in [-0.1, -0.05) is 6.07 Å². The van der Waals surface area contributed by atoms with Crippen LogP contribution in [0.15, 0.2) is 34.4 Å². The van der Waals surface area contributed by atoms with Crippen molar-refractivity contribution in [3.8, 4) is 0 Å². The normalized spacial score (nSPS) is 14.1. The number of hydrogen-bond acceptors (Lipinski definition) is 5. The lowest BCUT2D eigenvalue weighted by Gasteiger charge is -2.17. The molecule has 0 unspecified atom stereocenters. The van der Waals surface area contributed by atoms with E-state index in [-0.39, 0.29) is 0 Å². The Morgan fingerprint density at radius 1 is 1.19 bits per heavy atom. The van der Waals surface area contributed by atoms with Gasteiger partial charge in [0.15, 0.2) is 5.82 Å². The number of rotatable bonds is 2. The predicted molar refractivity (Wildman–Crippen MR) is 88.2 cm³/mol. The smallest absolute Gasteiger partial charge is 0.151 e. The second kappa shape index (κ2) is 5.36. The van der Waals surface area contributed by atoms with Crippen LogP contribution in [0.1, 0.15) is 11.1 Å². The fraction of sp³-hybridized carbons (Fsp3) is 0.200. The van der Waals surface area contributed by atoms with Gasteiger partial charge in [0.2, 0.25) is 0 Å². The van der Waals surface area contributed by atoms with Crippen molar-refractivity contribution in [1.82, 2.24) is 9.97 Å². The van der Waals surface area contributed by atoms with E-state index in [0.29, 0.717) is 6.61 Å². The van der Waals surface area contributed by atoms with Gasteiger partial charge in [-0.2, -0.15) is 0 Å². The highest BCUT2D eigenvalue weighted by Gasteiger charge is 2.12. The van der Waals surface area contributed by atoms with Crippen molar-refractivity contribution < 1.29 is 4.74 Å². The molecule has 6 heteroatoms. The summed E-state index contributed by atoms with van der Waals surface area (Å²) in [6.07, 6.45) is 2.58. The number of hydrogen-bond donors (Lipinski definition) is 1. The lowest BCUT2D eigenvalue weighted by atomic mass is 10.0. The third-order valence-corrected chi connectivity index (χ3v) is 5.16. The van der Waals surface area contributed by atoms with Crippen LogP contribution in [0.5, 0.6) is 0 Å². The quantitative estimate of drug-likeness (QED) is 0.740. The van der Waals surface area contributed by atoms with Crippen LogP contribution in [0.3, 0.4) is 0 Å². The molecular weight excluding hydrogens is 350 g/mol. The Morgan fingerprint density at radius 3 is 3.10 bits per heavy atom. The molecule has 1 aromatic carbocycles. The second-order valence-electron chi connectivity index (χ2n) is 4.90. The summed E-state index contributed by atoms with van der Waals surface area (Å²) in [4.78, 5) is 8.65. The lowest BCUT2D eigenvalue weighted by molar-refractivity contribution is 0.111. The molecular formula is C15H12BrN3OS. The summed E-state index contributed by atoms with van der Waals surface area (Å²) >= 11 is 5.13. The molecule has 0 saturated heterocycles. The molecule has 0 bridgehead atoms. The summed E-state index contributed by atoms with van der Waals surface area (Å²) in [5.74, 6) is 0.840. The van der Waals surface area contributed by atoms with Crippen LogP contribution in [0, 0.1) is 0 Å². The first-order valence-corrected chi connectivity index (χ1v) is 8.27. The number of ether oxygens (including phenoxy) is 1. The molecule has 0 radical (unpaired) electrons. The van der Waals surface area contributed by atoms with E-state index in [1.54, 1.807) is 17.7 Å². The van der Waals surface area contributed by atoms with Gasteiger partial charge < -0.3 is 10.1 Å². The summed E-state index contributed by atoms with van der Waals surface area (Å²) in [7, 11) is 0. The molecule has 0 atom stereocenters. The minimum atomic E-state index is 0.689. The molecule has 3 aromatic rings. The minimum Gasteiger partial charge on any atom is -0.376 e. The van der Waals surface area contributed by atoms with Crippen molar-refractivity contribution in [3.63, 3.8) is 0 Å². The fourth-order valence-electron chi connectivity index (χ4n) is 2.50. The molecule has 1 aliphatic heterocycles. The highest BCUT2D eigenvalue weighted by Crippen LogP contribution is 2.34. The number of benzene rings is 1.